The number of halogens is 2. The highest BCUT2D eigenvalue weighted by Gasteiger charge is 2.12. The average molecular weight is 376 g/mol. The zero-order valence-electron chi connectivity index (χ0n) is 13.3. The van der Waals surface area contributed by atoms with E-state index < -0.39 is 0 Å². The molecule has 0 aliphatic carbocycles. The van der Waals surface area contributed by atoms with Gasteiger partial charge in [0.05, 0.1) is 23.5 Å². The zero-order chi connectivity index (χ0) is 17.8. The molecule has 0 fully saturated rings. The van der Waals surface area contributed by atoms with Gasteiger partial charge in [-0.1, -0.05) is 35.3 Å². The summed E-state index contributed by atoms with van der Waals surface area (Å²) >= 11 is 12.2. The summed E-state index contributed by atoms with van der Waals surface area (Å²) in [5.41, 5.74) is 7.87. The Kier molecular flexibility index (Phi) is 5.11. The van der Waals surface area contributed by atoms with E-state index in [9.17, 15) is 0 Å². The van der Waals surface area contributed by atoms with Crippen LogP contribution in [-0.4, -0.2) is 17.1 Å². The number of para-hydroxylation sites is 1. The topological polar surface area (TPSA) is 85.1 Å². The van der Waals surface area contributed by atoms with Gasteiger partial charge in [-0.3, -0.25) is 0 Å². The zero-order valence-corrected chi connectivity index (χ0v) is 14.8. The third kappa shape index (κ3) is 3.87. The van der Waals surface area contributed by atoms with E-state index in [4.69, 9.17) is 33.7 Å². The minimum absolute atomic E-state index is 0.337. The Morgan fingerprint density at radius 2 is 1.64 bits per heavy atom. The fourth-order valence-electron chi connectivity index (χ4n) is 2.19. The van der Waals surface area contributed by atoms with Gasteiger partial charge in [-0.15, -0.1) is 0 Å². The second-order valence-electron chi connectivity index (χ2n) is 5.06. The molecule has 0 aliphatic rings. The van der Waals surface area contributed by atoms with Gasteiger partial charge in [0, 0.05) is 5.02 Å². The van der Waals surface area contributed by atoms with Gasteiger partial charge < -0.3 is 21.1 Å². The van der Waals surface area contributed by atoms with Crippen LogP contribution in [0, 0.1) is 0 Å². The van der Waals surface area contributed by atoms with E-state index in [1.54, 1.807) is 31.4 Å². The number of hydrogen-bond acceptors (Lipinski definition) is 6. The van der Waals surface area contributed by atoms with Gasteiger partial charge in [0.1, 0.15) is 17.8 Å². The van der Waals surface area contributed by atoms with Crippen LogP contribution in [0.25, 0.3) is 0 Å². The van der Waals surface area contributed by atoms with Crippen molar-refractivity contribution in [1.29, 1.82) is 0 Å². The predicted molar refractivity (Wildman–Crippen MR) is 102 cm³/mol. The Balaban J connectivity index is 1.92. The van der Waals surface area contributed by atoms with E-state index in [1.807, 2.05) is 18.2 Å². The number of methoxy groups -OCH3 is 1. The summed E-state index contributed by atoms with van der Waals surface area (Å²) in [5, 5.41) is 7.34. The van der Waals surface area contributed by atoms with Crippen molar-refractivity contribution in [2.45, 2.75) is 0 Å². The Morgan fingerprint density at radius 3 is 2.32 bits per heavy atom. The summed E-state index contributed by atoms with van der Waals surface area (Å²) < 4.78 is 5.32. The van der Waals surface area contributed by atoms with E-state index in [0.29, 0.717) is 44.5 Å². The summed E-state index contributed by atoms with van der Waals surface area (Å²) in [4.78, 5) is 8.36. The van der Waals surface area contributed by atoms with Gasteiger partial charge in [-0.2, -0.15) is 0 Å². The lowest BCUT2D eigenvalue weighted by Crippen LogP contribution is -2.06. The Bertz CT molecular complexity index is 904. The van der Waals surface area contributed by atoms with Crippen LogP contribution in [0.5, 0.6) is 5.75 Å². The number of nitrogens with two attached hydrogens (primary N) is 1. The van der Waals surface area contributed by atoms with Gasteiger partial charge in [0.25, 0.3) is 0 Å². The van der Waals surface area contributed by atoms with Gasteiger partial charge >= 0.3 is 0 Å². The van der Waals surface area contributed by atoms with Crippen molar-refractivity contribution in [1.82, 2.24) is 9.97 Å². The van der Waals surface area contributed by atoms with Crippen molar-refractivity contribution < 1.29 is 4.74 Å². The SMILES string of the molecule is COc1ccc(Cl)cc1Nc1ncnc(Nc2ccccc2Cl)c1N. The molecule has 25 heavy (non-hydrogen) atoms. The fourth-order valence-corrected chi connectivity index (χ4v) is 2.55. The van der Waals surface area contributed by atoms with Gasteiger partial charge in [0.15, 0.2) is 11.6 Å². The molecular formula is C17H15Cl2N5O. The number of hydrogen-bond donors (Lipinski definition) is 3. The second kappa shape index (κ2) is 7.46. The Hall–Kier alpha value is -2.70. The number of benzene rings is 2. The van der Waals surface area contributed by atoms with E-state index in [1.165, 1.54) is 6.33 Å². The predicted octanol–water partition coefficient (Wildman–Crippen LogP) is 4.86. The van der Waals surface area contributed by atoms with Crippen LogP contribution in [-0.2, 0) is 0 Å². The number of anilines is 5. The normalized spacial score (nSPS) is 10.4. The third-order valence-corrected chi connectivity index (χ3v) is 3.99. The van der Waals surface area contributed by atoms with Crippen LogP contribution >= 0.6 is 23.2 Å². The summed E-state index contributed by atoms with van der Waals surface area (Å²) in [6.45, 7) is 0. The van der Waals surface area contributed by atoms with Crippen molar-refractivity contribution in [2.24, 2.45) is 0 Å². The molecule has 1 aromatic heterocycles. The lowest BCUT2D eigenvalue weighted by molar-refractivity contribution is 0.417. The largest absolute Gasteiger partial charge is 0.495 e. The fraction of sp³-hybridized carbons (Fsp3) is 0.0588. The summed E-state index contributed by atoms with van der Waals surface area (Å²) in [6, 6.07) is 12.5. The molecule has 0 radical (unpaired) electrons. The second-order valence-corrected chi connectivity index (χ2v) is 5.90. The van der Waals surface area contributed by atoms with Crippen molar-refractivity contribution in [3.63, 3.8) is 0 Å². The molecule has 8 heteroatoms. The van der Waals surface area contributed by atoms with E-state index in [0.717, 1.165) is 0 Å². The molecule has 4 N–H and O–H groups in total. The van der Waals surface area contributed by atoms with Crippen molar-refractivity contribution in [3.05, 3.63) is 58.8 Å². The highest BCUT2D eigenvalue weighted by molar-refractivity contribution is 6.33. The summed E-state index contributed by atoms with van der Waals surface area (Å²) in [6.07, 6.45) is 1.40. The first-order valence-electron chi connectivity index (χ1n) is 7.31. The van der Waals surface area contributed by atoms with Crippen LogP contribution in [0.2, 0.25) is 10.0 Å². The molecule has 128 valence electrons. The lowest BCUT2D eigenvalue weighted by atomic mass is 10.2. The van der Waals surface area contributed by atoms with Crippen LogP contribution in [0.15, 0.2) is 48.8 Å². The van der Waals surface area contributed by atoms with E-state index in [-0.39, 0.29) is 0 Å². The van der Waals surface area contributed by atoms with Crippen LogP contribution in [0.3, 0.4) is 0 Å². The summed E-state index contributed by atoms with van der Waals surface area (Å²) in [5.74, 6) is 1.47. The number of rotatable bonds is 5. The third-order valence-electron chi connectivity index (χ3n) is 3.43. The van der Waals surface area contributed by atoms with Gasteiger partial charge in [0.2, 0.25) is 0 Å². The monoisotopic (exact) mass is 375 g/mol. The molecule has 0 atom stereocenters. The molecule has 0 amide bonds. The molecule has 0 spiro atoms. The van der Waals surface area contributed by atoms with Gasteiger partial charge in [-0.05, 0) is 30.3 Å². The Morgan fingerprint density at radius 1 is 0.960 bits per heavy atom. The van der Waals surface area contributed by atoms with E-state index in [2.05, 4.69) is 20.6 Å². The van der Waals surface area contributed by atoms with Crippen LogP contribution in [0.1, 0.15) is 0 Å². The Labute approximate surface area is 155 Å². The highest BCUT2D eigenvalue weighted by Crippen LogP contribution is 2.34. The molecule has 3 aromatic rings. The summed E-state index contributed by atoms with van der Waals surface area (Å²) in [7, 11) is 1.57. The molecule has 3 rings (SSSR count). The molecule has 6 nitrogen and oxygen atoms in total. The molecule has 0 saturated carbocycles. The molecule has 0 aliphatic heterocycles. The standard InChI is InChI=1S/C17H15Cl2N5O/c1-25-14-7-6-10(18)8-13(14)24-17-15(20)16(21-9-22-17)23-12-5-3-2-4-11(12)19/h2-9H,20H2,1H3,(H2,21,22,23,24). The highest BCUT2D eigenvalue weighted by atomic mass is 35.5. The maximum atomic E-state index is 6.19. The maximum Gasteiger partial charge on any atom is 0.159 e. The van der Waals surface area contributed by atoms with Crippen molar-refractivity contribution in [2.75, 3.05) is 23.5 Å². The van der Waals surface area contributed by atoms with Crippen molar-refractivity contribution >= 4 is 51.9 Å². The molecule has 1 heterocycles. The lowest BCUT2D eigenvalue weighted by Gasteiger charge is -2.15. The molecule has 0 saturated heterocycles. The quantitative estimate of drug-likeness (QED) is 0.590. The molecule has 0 unspecified atom stereocenters. The van der Waals surface area contributed by atoms with Crippen LogP contribution in [0.4, 0.5) is 28.7 Å². The number of nitrogens with zero attached hydrogens (tertiary/aromatic N) is 2. The number of nitrogen functional groups attached to an aromatic ring is 1. The first-order valence-corrected chi connectivity index (χ1v) is 8.06. The smallest absolute Gasteiger partial charge is 0.159 e. The minimum atomic E-state index is 0.337. The number of nitrogens with one attached hydrogen (secondary N) is 2. The minimum Gasteiger partial charge on any atom is -0.495 e. The molecule has 0 bridgehead atoms. The first kappa shape index (κ1) is 17.1. The molecule has 2 aromatic carbocycles. The first-order chi connectivity index (χ1) is 12.1. The van der Waals surface area contributed by atoms with Gasteiger partial charge in [-0.25, -0.2) is 9.97 Å². The van der Waals surface area contributed by atoms with E-state index >= 15 is 0 Å². The molecular weight excluding hydrogens is 361 g/mol. The van der Waals surface area contributed by atoms with Crippen LogP contribution < -0.4 is 21.1 Å². The average Bonchev–Trinajstić information content (AvgIpc) is 2.60. The number of aromatic nitrogens is 2. The maximum absolute atomic E-state index is 6.19. The number of ether oxygens (including phenoxy) is 1. The van der Waals surface area contributed by atoms with Crippen molar-refractivity contribution in [3.8, 4) is 5.75 Å².